The molecule has 16 heavy (non-hydrogen) atoms. The van der Waals surface area contributed by atoms with E-state index < -0.39 is 0 Å². The van der Waals surface area contributed by atoms with Gasteiger partial charge in [-0.3, -0.25) is 0 Å². The van der Waals surface area contributed by atoms with Gasteiger partial charge in [-0.1, -0.05) is 0 Å². The smallest absolute Gasteiger partial charge is 0.115 e. The quantitative estimate of drug-likeness (QED) is 0.943. The van der Waals surface area contributed by atoms with Gasteiger partial charge in [0, 0.05) is 22.0 Å². The topological polar surface area (TPSA) is 37.8 Å². The lowest BCUT2D eigenvalue weighted by Crippen LogP contribution is -2.19. The highest BCUT2D eigenvalue weighted by atomic mass is 79.9. The molecule has 0 aliphatic carbocycles. The van der Waals surface area contributed by atoms with Gasteiger partial charge in [0.05, 0.1) is 11.7 Å². The maximum absolute atomic E-state index is 4.28. The van der Waals surface area contributed by atoms with Gasteiger partial charge < -0.3 is 5.32 Å². The molecule has 2 aromatic heterocycles. The summed E-state index contributed by atoms with van der Waals surface area (Å²) >= 11 is 5.30. The summed E-state index contributed by atoms with van der Waals surface area (Å²) in [5, 5.41) is 5.37. The van der Waals surface area contributed by atoms with Gasteiger partial charge in [-0.05, 0) is 40.5 Å². The zero-order valence-electron chi connectivity index (χ0n) is 8.85. The Kier molecular flexibility index (Phi) is 4.04. The summed E-state index contributed by atoms with van der Waals surface area (Å²) in [7, 11) is 1.95. The molecule has 1 atom stereocenters. The highest BCUT2D eigenvalue weighted by Gasteiger charge is 2.13. The molecular weight excluding hydrogens is 286 g/mol. The fourth-order valence-electron chi connectivity index (χ4n) is 1.52. The van der Waals surface area contributed by atoms with Crippen LogP contribution in [-0.4, -0.2) is 17.0 Å². The normalized spacial score (nSPS) is 12.6. The number of nitrogens with zero attached hydrogens (tertiary/aromatic N) is 2. The van der Waals surface area contributed by atoms with E-state index in [-0.39, 0.29) is 6.04 Å². The van der Waals surface area contributed by atoms with Gasteiger partial charge in [0.1, 0.15) is 6.33 Å². The molecule has 2 heterocycles. The van der Waals surface area contributed by atoms with Crippen molar-refractivity contribution in [3.05, 3.63) is 45.1 Å². The monoisotopic (exact) mass is 297 g/mol. The Morgan fingerprint density at radius 2 is 2.38 bits per heavy atom. The van der Waals surface area contributed by atoms with E-state index in [1.54, 1.807) is 23.9 Å². The fraction of sp³-hybridized carbons (Fsp3) is 0.273. The Balaban J connectivity index is 2.16. The van der Waals surface area contributed by atoms with E-state index in [2.05, 4.69) is 42.7 Å². The van der Waals surface area contributed by atoms with Gasteiger partial charge in [-0.2, -0.15) is 0 Å². The van der Waals surface area contributed by atoms with Crippen molar-refractivity contribution in [1.29, 1.82) is 0 Å². The van der Waals surface area contributed by atoms with Crippen LogP contribution in [0.5, 0.6) is 0 Å². The minimum absolute atomic E-state index is 0.234. The first kappa shape index (κ1) is 11.7. The van der Waals surface area contributed by atoms with E-state index in [0.717, 1.165) is 12.1 Å². The Labute approximate surface area is 107 Å². The number of likely N-dealkylation sites (N-methyl/N-ethyl adjacent to an activating group) is 1. The molecule has 0 saturated carbocycles. The highest BCUT2D eigenvalue weighted by molar-refractivity contribution is 9.10. The third-order valence-electron chi connectivity index (χ3n) is 2.39. The molecule has 1 N–H and O–H groups in total. The van der Waals surface area contributed by atoms with E-state index in [4.69, 9.17) is 0 Å². The molecule has 0 aliphatic rings. The van der Waals surface area contributed by atoms with E-state index in [1.165, 1.54) is 9.35 Å². The van der Waals surface area contributed by atoms with Crippen molar-refractivity contribution < 1.29 is 0 Å². The van der Waals surface area contributed by atoms with Crippen LogP contribution >= 0.6 is 27.3 Å². The zero-order valence-corrected chi connectivity index (χ0v) is 11.3. The molecule has 0 aromatic carbocycles. The number of halogens is 1. The third-order valence-corrected chi connectivity index (χ3v) is 4.34. The van der Waals surface area contributed by atoms with Gasteiger partial charge >= 0.3 is 0 Å². The van der Waals surface area contributed by atoms with Gasteiger partial charge in [-0.15, -0.1) is 11.3 Å². The molecule has 2 aromatic rings. The molecule has 0 bridgehead atoms. The minimum Gasteiger partial charge on any atom is -0.311 e. The summed E-state index contributed by atoms with van der Waals surface area (Å²) in [5.74, 6) is 0. The largest absolute Gasteiger partial charge is 0.311 e. The fourth-order valence-corrected chi connectivity index (χ4v) is 3.08. The third kappa shape index (κ3) is 2.66. The van der Waals surface area contributed by atoms with Crippen LogP contribution in [0.4, 0.5) is 0 Å². The Bertz CT molecular complexity index is 444. The Morgan fingerprint density at radius 3 is 2.94 bits per heavy atom. The molecule has 0 spiro atoms. The molecule has 0 amide bonds. The van der Waals surface area contributed by atoms with Crippen molar-refractivity contribution in [2.75, 3.05) is 7.05 Å². The molecule has 0 aliphatic heterocycles. The van der Waals surface area contributed by atoms with E-state index in [0.29, 0.717) is 0 Å². The number of hydrogen-bond acceptors (Lipinski definition) is 4. The predicted molar refractivity (Wildman–Crippen MR) is 69.6 cm³/mol. The molecule has 0 saturated heterocycles. The van der Waals surface area contributed by atoms with Crippen LogP contribution in [0.1, 0.15) is 16.6 Å². The number of nitrogens with one attached hydrogen (secondary N) is 1. The number of rotatable bonds is 4. The van der Waals surface area contributed by atoms with Crippen LogP contribution in [0.25, 0.3) is 0 Å². The molecule has 1 unspecified atom stereocenters. The van der Waals surface area contributed by atoms with Crippen LogP contribution in [0.15, 0.2) is 34.5 Å². The van der Waals surface area contributed by atoms with Crippen molar-refractivity contribution in [3.8, 4) is 0 Å². The second-order valence-corrected chi connectivity index (χ2v) is 5.23. The first-order valence-corrected chi connectivity index (χ1v) is 6.63. The van der Waals surface area contributed by atoms with Gasteiger partial charge in [0.15, 0.2) is 0 Å². The molecule has 84 valence electrons. The molecular formula is C11H12BrN3S. The molecule has 0 fully saturated rings. The van der Waals surface area contributed by atoms with Crippen LogP contribution in [0.2, 0.25) is 0 Å². The lowest BCUT2D eigenvalue weighted by Gasteiger charge is -2.14. The maximum Gasteiger partial charge on any atom is 0.115 e. The lowest BCUT2D eigenvalue weighted by atomic mass is 10.1. The molecule has 0 radical (unpaired) electrons. The summed E-state index contributed by atoms with van der Waals surface area (Å²) in [5.41, 5.74) is 1.03. The second kappa shape index (κ2) is 5.52. The number of hydrogen-bond donors (Lipinski definition) is 1. The summed E-state index contributed by atoms with van der Waals surface area (Å²) in [4.78, 5) is 9.54. The minimum atomic E-state index is 0.234. The lowest BCUT2D eigenvalue weighted by molar-refractivity contribution is 0.577. The van der Waals surface area contributed by atoms with Crippen molar-refractivity contribution >= 4 is 27.3 Å². The highest BCUT2D eigenvalue weighted by Crippen LogP contribution is 2.27. The summed E-state index contributed by atoms with van der Waals surface area (Å²) in [6.45, 7) is 0. The van der Waals surface area contributed by atoms with Gasteiger partial charge in [0.25, 0.3) is 0 Å². The standard InChI is InChI=1S/C11H12BrN3S/c1-13-10(9-2-4-14-7-15-9)6-11-8(12)3-5-16-11/h2-5,7,10,13H,6H2,1H3. The molecule has 5 heteroatoms. The van der Waals surface area contributed by atoms with Gasteiger partial charge in [-0.25, -0.2) is 9.97 Å². The first-order valence-electron chi connectivity index (χ1n) is 4.96. The van der Waals surface area contributed by atoms with Crippen molar-refractivity contribution in [2.24, 2.45) is 0 Å². The van der Waals surface area contributed by atoms with Crippen LogP contribution in [-0.2, 0) is 6.42 Å². The first-order chi connectivity index (χ1) is 7.81. The van der Waals surface area contributed by atoms with E-state index in [1.807, 2.05) is 13.1 Å². The van der Waals surface area contributed by atoms with E-state index >= 15 is 0 Å². The Hall–Kier alpha value is -0.780. The summed E-state index contributed by atoms with van der Waals surface area (Å²) in [6, 6.07) is 4.26. The van der Waals surface area contributed by atoms with E-state index in [9.17, 15) is 0 Å². The predicted octanol–water partition coefficient (Wildman–Crippen LogP) is 2.80. The number of thiophene rings is 1. The average Bonchev–Trinajstić information content (AvgIpc) is 2.73. The van der Waals surface area contributed by atoms with Crippen LogP contribution in [0, 0.1) is 0 Å². The second-order valence-electron chi connectivity index (χ2n) is 3.37. The van der Waals surface area contributed by atoms with Crippen molar-refractivity contribution in [1.82, 2.24) is 15.3 Å². The maximum atomic E-state index is 4.28. The average molecular weight is 298 g/mol. The SMILES string of the molecule is CNC(Cc1sccc1Br)c1ccncn1. The Morgan fingerprint density at radius 1 is 1.50 bits per heavy atom. The van der Waals surface area contributed by atoms with Gasteiger partial charge in [0.2, 0.25) is 0 Å². The molecule has 3 nitrogen and oxygen atoms in total. The van der Waals surface area contributed by atoms with Crippen molar-refractivity contribution in [2.45, 2.75) is 12.5 Å². The molecule has 2 rings (SSSR count). The summed E-state index contributed by atoms with van der Waals surface area (Å²) < 4.78 is 1.17. The zero-order chi connectivity index (χ0) is 11.4. The van der Waals surface area contributed by atoms with Crippen LogP contribution in [0.3, 0.4) is 0 Å². The number of aromatic nitrogens is 2. The van der Waals surface area contributed by atoms with Crippen molar-refractivity contribution in [3.63, 3.8) is 0 Å². The summed E-state index contributed by atoms with van der Waals surface area (Å²) in [6.07, 6.45) is 4.30. The van der Waals surface area contributed by atoms with Crippen LogP contribution < -0.4 is 5.32 Å².